The van der Waals surface area contributed by atoms with Gasteiger partial charge in [0.15, 0.2) is 6.61 Å². The summed E-state index contributed by atoms with van der Waals surface area (Å²) in [5.41, 5.74) is 3.66. The number of rotatable bonds is 11. The van der Waals surface area contributed by atoms with E-state index in [-0.39, 0.29) is 36.8 Å². The van der Waals surface area contributed by atoms with E-state index >= 15 is 0 Å². The van der Waals surface area contributed by atoms with Crippen molar-refractivity contribution in [3.63, 3.8) is 0 Å². The number of carbonyl (C=O) groups excluding carboxylic acids is 2. The Morgan fingerprint density at radius 2 is 1.62 bits per heavy atom. The van der Waals surface area contributed by atoms with Gasteiger partial charge < -0.3 is 15.0 Å². The minimum Gasteiger partial charge on any atom is -0.484 e. The molecule has 0 aliphatic carbocycles. The van der Waals surface area contributed by atoms with E-state index in [1.165, 1.54) is 17.0 Å². The van der Waals surface area contributed by atoms with Crippen molar-refractivity contribution >= 4 is 27.7 Å². The zero-order valence-electron chi connectivity index (χ0n) is 21.8. The summed E-state index contributed by atoms with van der Waals surface area (Å²) in [6, 6.07) is 18.5. The number of hydrogen-bond donors (Lipinski definition) is 1. The summed E-state index contributed by atoms with van der Waals surface area (Å²) in [6.45, 7) is 7.76. The van der Waals surface area contributed by atoms with Gasteiger partial charge in [-0.2, -0.15) is 0 Å². The van der Waals surface area contributed by atoms with E-state index in [4.69, 9.17) is 4.74 Å². The van der Waals surface area contributed by atoms with Crippen LogP contribution in [0.15, 0.2) is 71.2 Å². The minimum atomic E-state index is -0.772. The predicted octanol–water partition coefficient (Wildman–Crippen LogP) is 6.14. The van der Waals surface area contributed by atoms with Gasteiger partial charge in [0.05, 0.1) is 0 Å². The Bertz CT molecular complexity index is 1180. The normalized spacial score (nSPS) is 12.5. The van der Waals surface area contributed by atoms with Crippen LogP contribution in [0.1, 0.15) is 42.5 Å². The molecule has 7 heteroatoms. The zero-order valence-corrected chi connectivity index (χ0v) is 23.3. The average Bonchev–Trinajstić information content (AvgIpc) is 2.89. The first-order valence-corrected chi connectivity index (χ1v) is 13.2. The number of aryl methyl sites for hydroxylation is 2. The van der Waals surface area contributed by atoms with Gasteiger partial charge in [-0.15, -0.1) is 0 Å². The maximum absolute atomic E-state index is 13.7. The molecule has 37 heavy (non-hydrogen) atoms. The highest BCUT2D eigenvalue weighted by atomic mass is 79.9. The molecule has 196 valence electrons. The molecule has 0 spiro atoms. The van der Waals surface area contributed by atoms with Crippen LogP contribution in [0.3, 0.4) is 0 Å². The molecule has 2 atom stereocenters. The van der Waals surface area contributed by atoms with Crippen LogP contribution < -0.4 is 10.1 Å². The summed E-state index contributed by atoms with van der Waals surface area (Å²) in [6.07, 6.45) is 1.10. The molecule has 0 saturated carbocycles. The van der Waals surface area contributed by atoms with Crippen LogP contribution in [0, 0.1) is 19.7 Å². The molecule has 5 nitrogen and oxygen atoms in total. The number of carbonyl (C=O) groups is 2. The first kappa shape index (κ1) is 28.4. The number of amides is 2. The molecular weight excluding hydrogens is 535 g/mol. The monoisotopic (exact) mass is 568 g/mol. The molecular formula is C30H34BrFN2O3. The van der Waals surface area contributed by atoms with E-state index < -0.39 is 6.04 Å². The van der Waals surface area contributed by atoms with E-state index in [2.05, 4.69) is 21.2 Å². The van der Waals surface area contributed by atoms with E-state index in [0.29, 0.717) is 12.2 Å². The number of hydrogen-bond acceptors (Lipinski definition) is 3. The summed E-state index contributed by atoms with van der Waals surface area (Å²) < 4.78 is 20.5. The fraction of sp³-hybridized carbons (Fsp3) is 0.333. The van der Waals surface area contributed by atoms with Crippen molar-refractivity contribution in [2.75, 3.05) is 6.61 Å². The number of ether oxygens (including phenoxy) is 1. The summed E-state index contributed by atoms with van der Waals surface area (Å²) in [4.78, 5) is 28.7. The molecule has 3 rings (SSSR count). The molecule has 0 saturated heterocycles. The fourth-order valence-electron chi connectivity index (χ4n) is 4.00. The molecule has 0 aromatic heterocycles. The summed E-state index contributed by atoms with van der Waals surface area (Å²) in [7, 11) is 0. The SMILES string of the molecule is CC[C@@H](C)NC(=O)[C@@H](Cc1ccccc1)N(Cc1ccc(F)cc1)C(=O)COc1cc(C)c(Br)c(C)c1. The molecule has 2 amide bonds. The van der Waals surface area contributed by atoms with Crippen molar-refractivity contribution in [3.8, 4) is 5.75 Å². The van der Waals surface area contributed by atoms with Crippen LogP contribution >= 0.6 is 15.9 Å². The lowest BCUT2D eigenvalue weighted by molar-refractivity contribution is -0.143. The highest BCUT2D eigenvalue weighted by Gasteiger charge is 2.31. The lowest BCUT2D eigenvalue weighted by atomic mass is 10.0. The molecule has 0 aliphatic rings. The second-order valence-electron chi connectivity index (χ2n) is 9.33. The smallest absolute Gasteiger partial charge is 0.261 e. The van der Waals surface area contributed by atoms with Crippen LogP contribution in [0.5, 0.6) is 5.75 Å². The number of nitrogens with zero attached hydrogens (tertiary/aromatic N) is 1. The van der Waals surface area contributed by atoms with Crippen LogP contribution in [-0.4, -0.2) is 35.4 Å². The van der Waals surface area contributed by atoms with E-state index in [1.807, 2.05) is 70.2 Å². The van der Waals surface area contributed by atoms with E-state index in [0.717, 1.165) is 33.1 Å². The molecule has 3 aromatic carbocycles. The van der Waals surface area contributed by atoms with Gasteiger partial charge in [0.1, 0.15) is 17.6 Å². The molecule has 0 heterocycles. The van der Waals surface area contributed by atoms with Crippen molar-refractivity contribution in [2.24, 2.45) is 0 Å². The average molecular weight is 570 g/mol. The van der Waals surface area contributed by atoms with Crippen LogP contribution in [0.2, 0.25) is 0 Å². The topological polar surface area (TPSA) is 58.6 Å². The minimum absolute atomic E-state index is 0.0430. The van der Waals surface area contributed by atoms with Gasteiger partial charge in [0, 0.05) is 23.5 Å². The third-order valence-electron chi connectivity index (χ3n) is 6.31. The second kappa shape index (κ2) is 13.4. The van der Waals surface area contributed by atoms with Crippen molar-refractivity contribution in [1.29, 1.82) is 0 Å². The fourth-order valence-corrected chi connectivity index (χ4v) is 4.23. The Kier molecular flexibility index (Phi) is 10.3. The van der Waals surface area contributed by atoms with Gasteiger partial charge in [-0.25, -0.2) is 4.39 Å². The van der Waals surface area contributed by atoms with E-state index in [1.54, 1.807) is 12.1 Å². The Hall–Kier alpha value is -3.19. The highest BCUT2D eigenvalue weighted by molar-refractivity contribution is 9.10. The summed E-state index contributed by atoms with van der Waals surface area (Å²) in [5, 5.41) is 3.04. The largest absolute Gasteiger partial charge is 0.484 e. The van der Waals surface area contributed by atoms with Gasteiger partial charge in [-0.3, -0.25) is 9.59 Å². The maximum Gasteiger partial charge on any atom is 0.261 e. The number of benzene rings is 3. The number of halogens is 2. The number of nitrogens with one attached hydrogen (secondary N) is 1. The van der Waals surface area contributed by atoms with Gasteiger partial charge >= 0.3 is 0 Å². The Labute approximate surface area is 227 Å². The molecule has 0 bridgehead atoms. The molecule has 0 fully saturated rings. The molecule has 3 aromatic rings. The van der Waals surface area contributed by atoms with Crippen LogP contribution in [-0.2, 0) is 22.6 Å². The Morgan fingerprint density at radius 1 is 1.00 bits per heavy atom. The van der Waals surface area contributed by atoms with Gasteiger partial charge in [-0.05, 0) is 73.7 Å². The van der Waals surface area contributed by atoms with Crippen molar-refractivity contribution in [3.05, 3.63) is 99.3 Å². The zero-order chi connectivity index (χ0) is 26.9. The standard InChI is InChI=1S/C30H34BrFN2O3/c1-5-22(4)33-30(36)27(17-23-9-7-6-8-10-23)34(18-24-11-13-25(32)14-12-24)28(35)19-37-26-15-20(2)29(31)21(3)16-26/h6-16,22,27H,5,17-19H2,1-4H3,(H,33,36)/t22-,27-/m1/s1. The second-order valence-corrected chi connectivity index (χ2v) is 10.1. The van der Waals surface area contributed by atoms with E-state index in [9.17, 15) is 14.0 Å². The predicted molar refractivity (Wildman–Crippen MR) is 148 cm³/mol. The molecule has 0 radical (unpaired) electrons. The molecule has 0 aliphatic heterocycles. The van der Waals surface area contributed by atoms with Gasteiger partial charge in [0.2, 0.25) is 5.91 Å². The molecule has 0 unspecified atom stereocenters. The quantitative estimate of drug-likeness (QED) is 0.302. The van der Waals surface area contributed by atoms with Gasteiger partial charge in [0.25, 0.3) is 5.91 Å². The highest BCUT2D eigenvalue weighted by Crippen LogP contribution is 2.26. The van der Waals surface area contributed by atoms with Crippen molar-refractivity contribution < 1.29 is 18.7 Å². The maximum atomic E-state index is 13.7. The Balaban J connectivity index is 1.92. The lowest BCUT2D eigenvalue weighted by Gasteiger charge is -2.32. The summed E-state index contributed by atoms with van der Waals surface area (Å²) in [5.74, 6) is -0.343. The third kappa shape index (κ3) is 8.15. The summed E-state index contributed by atoms with van der Waals surface area (Å²) >= 11 is 3.55. The Morgan fingerprint density at radius 3 is 2.22 bits per heavy atom. The molecule has 1 N–H and O–H groups in total. The van der Waals surface area contributed by atoms with Crippen LogP contribution in [0.25, 0.3) is 0 Å². The first-order chi connectivity index (χ1) is 17.7. The lowest BCUT2D eigenvalue weighted by Crippen LogP contribution is -2.53. The van der Waals surface area contributed by atoms with Crippen molar-refractivity contribution in [1.82, 2.24) is 10.2 Å². The first-order valence-electron chi connectivity index (χ1n) is 12.5. The third-order valence-corrected chi connectivity index (χ3v) is 7.56. The van der Waals surface area contributed by atoms with Gasteiger partial charge in [-0.1, -0.05) is 65.3 Å². The van der Waals surface area contributed by atoms with Crippen LogP contribution in [0.4, 0.5) is 4.39 Å². The van der Waals surface area contributed by atoms with Crippen molar-refractivity contribution in [2.45, 2.75) is 59.2 Å².